The summed E-state index contributed by atoms with van der Waals surface area (Å²) in [5.41, 5.74) is 2.36. The standard InChI is InChI=1S/C19H22N2O3S/c22-25-11-2-9-21(10-12-25)13-15-4-6-16(7-5-15)18-14-23-17-3-1-8-20-19(17)24-18/h1,3-8,18H,2,9-14H2/t18-,25?/m1/s1. The molecule has 0 N–H and O–H groups in total. The highest BCUT2D eigenvalue weighted by Crippen LogP contribution is 2.33. The first kappa shape index (κ1) is 16.5. The number of hydrogen-bond donors (Lipinski definition) is 0. The van der Waals surface area contributed by atoms with Crippen molar-refractivity contribution in [2.24, 2.45) is 0 Å². The van der Waals surface area contributed by atoms with Crippen LogP contribution in [0.4, 0.5) is 0 Å². The summed E-state index contributed by atoms with van der Waals surface area (Å²) in [5.74, 6) is 2.89. The van der Waals surface area contributed by atoms with Gasteiger partial charge in [-0.2, -0.15) is 0 Å². The molecule has 0 bridgehead atoms. The fourth-order valence-electron chi connectivity index (χ4n) is 3.22. The van der Waals surface area contributed by atoms with E-state index in [2.05, 4.69) is 34.1 Å². The van der Waals surface area contributed by atoms with Crippen LogP contribution in [0.1, 0.15) is 23.7 Å². The van der Waals surface area contributed by atoms with Crippen molar-refractivity contribution in [3.05, 3.63) is 53.7 Å². The Labute approximate surface area is 150 Å². The van der Waals surface area contributed by atoms with E-state index >= 15 is 0 Å². The molecule has 3 heterocycles. The van der Waals surface area contributed by atoms with Crippen LogP contribution in [0.15, 0.2) is 42.6 Å². The van der Waals surface area contributed by atoms with Gasteiger partial charge in [-0.15, -0.1) is 0 Å². The van der Waals surface area contributed by atoms with Gasteiger partial charge in [0.1, 0.15) is 6.61 Å². The summed E-state index contributed by atoms with van der Waals surface area (Å²) >= 11 is 0. The molecule has 2 aliphatic heterocycles. The van der Waals surface area contributed by atoms with Crippen LogP contribution in [0.2, 0.25) is 0 Å². The number of benzene rings is 1. The Kier molecular flexibility index (Phi) is 4.99. The monoisotopic (exact) mass is 358 g/mol. The van der Waals surface area contributed by atoms with Crippen LogP contribution in [0, 0.1) is 0 Å². The Hall–Kier alpha value is -1.92. The van der Waals surface area contributed by atoms with Crippen LogP contribution in [0.3, 0.4) is 0 Å². The molecule has 2 aromatic rings. The second kappa shape index (κ2) is 7.54. The SMILES string of the molecule is O=S1CCCN(Cc2ccc([C@H]3COc4cccnc4O3)cc2)CC1. The van der Waals surface area contributed by atoms with Gasteiger partial charge in [-0.1, -0.05) is 24.3 Å². The van der Waals surface area contributed by atoms with Crippen LogP contribution < -0.4 is 9.47 Å². The van der Waals surface area contributed by atoms with Crippen molar-refractivity contribution in [2.75, 3.05) is 31.2 Å². The first-order valence-corrected chi connectivity index (χ1v) is 10.2. The quantitative estimate of drug-likeness (QED) is 0.844. The van der Waals surface area contributed by atoms with Gasteiger partial charge < -0.3 is 9.47 Å². The number of aromatic nitrogens is 1. The zero-order valence-electron chi connectivity index (χ0n) is 14.1. The number of fused-ring (bicyclic) bond motifs is 1. The number of hydrogen-bond acceptors (Lipinski definition) is 5. The van der Waals surface area contributed by atoms with Crippen molar-refractivity contribution in [3.8, 4) is 11.6 Å². The Morgan fingerprint density at radius 2 is 2.04 bits per heavy atom. The van der Waals surface area contributed by atoms with Crippen LogP contribution in [-0.2, 0) is 17.3 Å². The van der Waals surface area contributed by atoms with Crippen molar-refractivity contribution in [1.29, 1.82) is 0 Å². The molecule has 4 rings (SSSR count). The fraction of sp³-hybridized carbons (Fsp3) is 0.421. The van der Waals surface area contributed by atoms with E-state index in [0.29, 0.717) is 18.2 Å². The van der Waals surface area contributed by atoms with Gasteiger partial charge in [-0.3, -0.25) is 9.11 Å². The number of nitrogens with zero attached hydrogens (tertiary/aromatic N) is 2. The molecule has 0 spiro atoms. The molecular formula is C19H22N2O3S. The van der Waals surface area contributed by atoms with E-state index in [-0.39, 0.29) is 6.10 Å². The fourth-order valence-corrected chi connectivity index (χ4v) is 4.34. The summed E-state index contributed by atoms with van der Waals surface area (Å²) in [6.07, 6.45) is 2.60. The van der Waals surface area contributed by atoms with Crippen molar-refractivity contribution in [1.82, 2.24) is 9.88 Å². The minimum atomic E-state index is -0.639. The van der Waals surface area contributed by atoms with Gasteiger partial charge in [-0.25, -0.2) is 4.98 Å². The average molecular weight is 358 g/mol. The maximum Gasteiger partial charge on any atom is 0.257 e. The Balaban J connectivity index is 1.40. The molecule has 2 aliphatic rings. The zero-order valence-corrected chi connectivity index (χ0v) is 14.9. The van der Waals surface area contributed by atoms with E-state index in [1.54, 1.807) is 6.20 Å². The largest absolute Gasteiger partial charge is 0.484 e. The molecule has 0 saturated carbocycles. The van der Waals surface area contributed by atoms with E-state index in [0.717, 1.165) is 43.1 Å². The summed E-state index contributed by atoms with van der Waals surface area (Å²) in [6, 6.07) is 12.2. The van der Waals surface area contributed by atoms with Gasteiger partial charge in [0.15, 0.2) is 11.9 Å². The van der Waals surface area contributed by atoms with Gasteiger partial charge in [0.05, 0.1) is 0 Å². The Bertz CT molecular complexity index is 751. The van der Waals surface area contributed by atoms with Crippen LogP contribution in [0.25, 0.3) is 0 Å². The first-order chi connectivity index (χ1) is 12.3. The highest BCUT2D eigenvalue weighted by atomic mass is 32.2. The van der Waals surface area contributed by atoms with Gasteiger partial charge in [0, 0.05) is 41.6 Å². The van der Waals surface area contributed by atoms with E-state index in [1.807, 2.05) is 12.1 Å². The van der Waals surface area contributed by atoms with Crippen LogP contribution >= 0.6 is 0 Å². The first-order valence-electron chi connectivity index (χ1n) is 8.68. The lowest BCUT2D eigenvalue weighted by atomic mass is 10.1. The highest BCUT2D eigenvalue weighted by molar-refractivity contribution is 7.85. The predicted molar refractivity (Wildman–Crippen MR) is 97.3 cm³/mol. The minimum absolute atomic E-state index is 0.128. The number of pyridine rings is 1. The highest BCUT2D eigenvalue weighted by Gasteiger charge is 2.23. The van der Waals surface area contributed by atoms with E-state index in [4.69, 9.17) is 9.47 Å². The van der Waals surface area contributed by atoms with Crippen molar-refractivity contribution >= 4 is 10.8 Å². The van der Waals surface area contributed by atoms with Crippen LogP contribution in [-0.4, -0.2) is 45.3 Å². The second-order valence-corrected chi connectivity index (χ2v) is 8.14. The van der Waals surface area contributed by atoms with Crippen molar-refractivity contribution in [3.63, 3.8) is 0 Å². The maximum atomic E-state index is 11.6. The molecule has 0 radical (unpaired) electrons. The Morgan fingerprint density at radius 3 is 2.92 bits per heavy atom. The van der Waals surface area contributed by atoms with Gasteiger partial charge in [0.2, 0.25) is 0 Å². The second-order valence-electron chi connectivity index (χ2n) is 6.44. The third-order valence-corrected chi connectivity index (χ3v) is 6.00. The zero-order chi connectivity index (χ0) is 17.1. The molecule has 6 heteroatoms. The minimum Gasteiger partial charge on any atom is -0.484 e. The van der Waals surface area contributed by atoms with Crippen molar-refractivity contribution < 1.29 is 13.7 Å². The summed E-state index contributed by atoms with van der Waals surface area (Å²) in [6.45, 7) is 3.34. The topological polar surface area (TPSA) is 51.7 Å². The molecule has 1 unspecified atom stereocenters. The molecule has 25 heavy (non-hydrogen) atoms. The van der Waals surface area contributed by atoms with Gasteiger partial charge in [0.25, 0.3) is 5.88 Å². The van der Waals surface area contributed by atoms with E-state index < -0.39 is 10.8 Å². The molecular weight excluding hydrogens is 336 g/mol. The van der Waals surface area contributed by atoms with Crippen molar-refractivity contribution in [2.45, 2.75) is 19.1 Å². The van der Waals surface area contributed by atoms with Crippen LogP contribution in [0.5, 0.6) is 11.6 Å². The summed E-state index contributed by atoms with van der Waals surface area (Å²) in [5, 5.41) is 0. The third-order valence-electron chi connectivity index (χ3n) is 4.62. The molecule has 2 atom stereocenters. The van der Waals surface area contributed by atoms with Gasteiger partial charge in [-0.05, 0) is 36.2 Å². The molecule has 0 aliphatic carbocycles. The molecule has 0 amide bonds. The van der Waals surface area contributed by atoms with E-state index in [9.17, 15) is 4.21 Å². The molecule has 132 valence electrons. The van der Waals surface area contributed by atoms with E-state index in [1.165, 1.54) is 5.56 Å². The number of ether oxygens (including phenoxy) is 2. The average Bonchev–Trinajstić information content (AvgIpc) is 2.86. The summed E-state index contributed by atoms with van der Waals surface area (Å²) in [7, 11) is -0.639. The molecule has 1 saturated heterocycles. The molecule has 1 fully saturated rings. The summed E-state index contributed by atoms with van der Waals surface area (Å²) in [4.78, 5) is 6.62. The molecule has 1 aromatic carbocycles. The lowest BCUT2D eigenvalue weighted by Crippen LogP contribution is -2.26. The normalized spacial score (nSPS) is 23.8. The molecule has 1 aromatic heterocycles. The Morgan fingerprint density at radius 1 is 1.16 bits per heavy atom. The third kappa shape index (κ3) is 4.02. The summed E-state index contributed by atoms with van der Waals surface area (Å²) < 4.78 is 23.3. The lowest BCUT2D eigenvalue weighted by molar-refractivity contribution is 0.0851. The maximum absolute atomic E-state index is 11.6. The predicted octanol–water partition coefficient (Wildman–Crippen LogP) is 2.55. The molecule has 5 nitrogen and oxygen atoms in total. The number of rotatable bonds is 3. The lowest BCUT2D eigenvalue weighted by Gasteiger charge is -2.26. The smallest absolute Gasteiger partial charge is 0.257 e. The van der Waals surface area contributed by atoms with Gasteiger partial charge >= 0.3 is 0 Å².